The average Bonchev–Trinajstić information content (AvgIpc) is 2.69. The fraction of sp³-hybridized carbons (Fsp3) is 0.476. The van der Waals surface area contributed by atoms with Gasteiger partial charge in [0.1, 0.15) is 12.4 Å². The highest BCUT2D eigenvalue weighted by Crippen LogP contribution is 2.23. The molecule has 7 nitrogen and oxygen atoms in total. The molecule has 0 radical (unpaired) electrons. The molecule has 1 aliphatic heterocycles. The van der Waals surface area contributed by atoms with Gasteiger partial charge in [0.05, 0.1) is 6.20 Å². The van der Waals surface area contributed by atoms with Crippen molar-refractivity contribution in [3.05, 3.63) is 48.4 Å². The van der Waals surface area contributed by atoms with E-state index < -0.39 is 0 Å². The second kappa shape index (κ2) is 10.0. The summed E-state index contributed by atoms with van der Waals surface area (Å²) in [6.07, 6.45) is 7.84. The van der Waals surface area contributed by atoms with E-state index in [0.29, 0.717) is 12.5 Å². The van der Waals surface area contributed by atoms with Crippen LogP contribution in [0.4, 0.5) is 4.79 Å². The van der Waals surface area contributed by atoms with Gasteiger partial charge in [-0.15, -0.1) is 0 Å². The van der Waals surface area contributed by atoms with Gasteiger partial charge < -0.3 is 14.8 Å². The highest BCUT2D eigenvalue weighted by Gasteiger charge is 2.24. The first-order valence-electron chi connectivity index (χ1n) is 9.80. The topological polar surface area (TPSA) is 76.6 Å². The summed E-state index contributed by atoms with van der Waals surface area (Å²) in [6.45, 7) is 6.10. The number of hydrogen-bond donors (Lipinski definition) is 1. The summed E-state index contributed by atoms with van der Waals surface area (Å²) < 4.78 is 11.1. The average molecular weight is 384 g/mol. The van der Waals surface area contributed by atoms with Gasteiger partial charge in [0, 0.05) is 31.0 Å². The number of amides is 1. The number of likely N-dealkylation sites (tertiary alicyclic amines) is 1. The van der Waals surface area contributed by atoms with E-state index >= 15 is 0 Å². The summed E-state index contributed by atoms with van der Waals surface area (Å²) in [6, 6.07) is 8.33. The number of hydrogen-bond acceptors (Lipinski definition) is 6. The molecule has 1 fully saturated rings. The van der Waals surface area contributed by atoms with Crippen molar-refractivity contribution in [2.45, 2.75) is 51.7 Å². The predicted molar refractivity (Wildman–Crippen MR) is 106 cm³/mol. The molecule has 1 atom stereocenters. The normalized spacial score (nSPS) is 17.3. The Balaban J connectivity index is 1.54. The van der Waals surface area contributed by atoms with Crippen LogP contribution in [0.5, 0.6) is 11.6 Å². The lowest BCUT2D eigenvalue weighted by molar-refractivity contribution is 0.0632. The largest absolute Gasteiger partial charge is 0.448 e. The second-order valence-corrected chi connectivity index (χ2v) is 7.31. The highest BCUT2D eigenvalue weighted by atomic mass is 16.5. The predicted octanol–water partition coefficient (Wildman–Crippen LogP) is 3.76. The quantitative estimate of drug-likeness (QED) is 0.783. The Hall–Kier alpha value is -2.67. The molecular formula is C21H28N4O3. The number of piperidine rings is 1. The summed E-state index contributed by atoms with van der Waals surface area (Å²) in [5, 5.41) is 2.77. The maximum absolute atomic E-state index is 11.8. The number of rotatable bonds is 7. The monoisotopic (exact) mass is 384 g/mol. The van der Waals surface area contributed by atoms with Gasteiger partial charge >= 0.3 is 6.09 Å². The Labute approximate surface area is 166 Å². The second-order valence-electron chi connectivity index (χ2n) is 7.31. The van der Waals surface area contributed by atoms with E-state index in [-0.39, 0.29) is 18.2 Å². The summed E-state index contributed by atoms with van der Waals surface area (Å²) in [7, 11) is 0. The van der Waals surface area contributed by atoms with E-state index in [1.54, 1.807) is 18.6 Å². The molecule has 1 aliphatic rings. The van der Waals surface area contributed by atoms with Crippen LogP contribution in [-0.4, -0.2) is 46.2 Å². The minimum Gasteiger partial charge on any atom is -0.448 e. The summed E-state index contributed by atoms with van der Waals surface area (Å²) >= 11 is 0. The molecule has 28 heavy (non-hydrogen) atoms. The van der Waals surface area contributed by atoms with Gasteiger partial charge in [-0.1, -0.05) is 18.6 Å². The molecule has 150 valence electrons. The van der Waals surface area contributed by atoms with Gasteiger partial charge in [0.15, 0.2) is 0 Å². The van der Waals surface area contributed by atoms with Gasteiger partial charge in [0.2, 0.25) is 5.88 Å². The summed E-state index contributed by atoms with van der Waals surface area (Å²) in [5.41, 5.74) is 1.20. The Morgan fingerprint density at radius 3 is 2.79 bits per heavy atom. The third kappa shape index (κ3) is 6.20. The van der Waals surface area contributed by atoms with E-state index in [0.717, 1.165) is 25.3 Å². The van der Waals surface area contributed by atoms with Crippen molar-refractivity contribution in [1.82, 2.24) is 20.2 Å². The number of aromatic nitrogens is 2. The fourth-order valence-corrected chi connectivity index (χ4v) is 3.26. The molecule has 1 saturated heterocycles. The molecule has 0 saturated carbocycles. The van der Waals surface area contributed by atoms with Crippen molar-refractivity contribution in [3.8, 4) is 11.6 Å². The molecule has 0 spiro atoms. The third-order valence-electron chi connectivity index (χ3n) is 4.63. The van der Waals surface area contributed by atoms with E-state index in [9.17, 15) is 4.79 Å². The number of carbonyl (C=O) groups is 1. The molecule has 0 bridgehead atoms. The van der Waals surface area contributed by atoms with Gasteiger partial charge in [0.25, 0.3) is 0 Å². The number of carbonyl (C=O) groups excluding carboxylic acids is 1. The van der Waals surface area contributed by atoms with Gasteiger partial charge in [-0.2, -0.15) is 0 Å². The maximum atomic E-state index is 11.8. The van der Waals surface area contributed by atoms with Gasteiger partial charge in [-0.3, -0.25) is 9.88 Å². The minimum atomic E-state index is -0.342. The van der Waals surface area contributed by atoms with E-state index in [1.165, 1.54) is 18.4 Å². The smallest absolute Gasteiger partial charge is 0.407 e. The van der Waals surface area contributed by atoms with E-state index in [4.69, 9.17) is 9.47 Å². The van der Waals surface area contributed by atoms with Crippen molar-refractivity contribution < 1.29 is 14.3 Å². The molecule has 2 aromatic rings. The molecular weight excluding hydrogens is 356 g/mol. The zero-order chi connectivity index (χ0) is 19.8. The molecule has 1 unspecified atom stereocenters. The lowest BCUT2D eigenvalue weighted by atomic mass is 10.0. The molecule has 1 aromatic carbocycles. The first-order chi connectivity index (χ1) is 13.6. The number of alkyl carbamates (subject to hydrolysis) is 1. The fourth-order valence-electron chi connectivity index (χ4n) is 3.26. The number of ether oxygens (including phenoxy) is 2. The minimum absolute atomic E-state index is 0.0811. The lowest BCUT2D eigenvalue weighted by Gasteiger charge is -2.35. The summed E-state index contributed by atoms with van der Waals surface area (Å²) in [4.78, 5) is 22.3. The van der Waals surface area contributed by atoms with Crippen LogP contribution in [-0.2, 0) is 11.3 Å². The zero-order valence-electron chi connectivity index (χ0n) is 16.5. The molecule has 7 heteroatoms. The van der Waals surface area contributed by atoms with Crippen LogP contribution in [0.2, 0.25) is 0 Å². The first kappa shape index (κ1) is 20.1. The molecule has 1 aromatic heterocycles. The maximum Gasteiger partial charge on any atom is 0.407 e. The van der Waals surface area contributed by atoms with Crippen LogP contribution in [0.1, 0.15) is 38.7 Å². The van der Waals surface area contributed by atoms with Crippen molar-refractivity contribution in [2.24, 2.45) is 0 Å². The van der Waals surface area contributed by atoms with Gasteiger partial charge in [-0.05, 0) is 50.9 Å². The first-order valence-corrected chi connectivity index (χ1v) is 9.80. The van der Waals surface area contributed by atoms with Crippen LogP contribution < -0.4 is 10.1 Å². The zero-order valence-corrected chi connectivity index (χ0v) is 16.5. The summed E-state index contributed by atoms with van der Waals surface area (Å²) in [5.74, 6) is 1.20. The molecule has 0 aliphatic carbocycles. The molecule has 3 rings (SSSR count). The van der Waals surface area contributed by atoms with E-state index in [1.807, 2.05) is 26.0 Å². The van der Waals surface area contributed by atoms with Crippen LogP contribution in [0.15, 0.2) is 42.9 Å². The standard InChI is InChI=1S/C21H28N4O3/c1-16(2)24-21(26)27-15-18-5-3-4-12-25(18)14-17-6-8-19(9-7-17)28-20-13-22-10-11-23-20/h6-11,13,16,18H,3-5,12,14-15H2,1-2H3,(H,24,26). The van der Waals surface area contributed by atoms with Crippen LogP contribution in [0, 0.1) is 0 Å². The van der Waals surface area contributed by atoms with Gasteiger partial charge in [-0.25, -0.2) is 9.78 Å². The van der Waals surface area contributed by atoms with Crippen LogP contribution in [0.25, 0.3) is 0 Å². The van der Waals surface area contributed by atoms with Crippen molar-refractivity contribution >= 4 is 6.09 Å². The van der Waals surface area contributed by atoms with Crippen molar-refractivity contribution in [2.75, 3.05) is 13.2 Å². The Morgan fingerprint density at radius 1 is 1.25 bits per heavy atom. The third-order valence-corrected chi connectivity index (χ3v) is 4.63. The van der Waals surface area contributed by atoms with Crippen LogP contribution in [0.3, 0.4) is 0 Å². The highest BCUT2D eigenvalue weighted by molar-refractivity contribution is 5.67. The Kier molecular flexibility index (Phi) is 7.19. The van der Waals surface area contributed by atoms with Crippen LogP contribution >= 0.6 is 0 Å². The Morgan fingerprint density at radius 2 is 2.07 bits per heavy atom. The van der Waals surface area contributed by atoms with Crippen molar-refractivity contribution in [1.29, 1.82) is 0 Å². The Bertz CT molecular complexity index is 737. The van der Waals surface area contributed by atoms with E-state index in [2.05, 4.69) is 32.3 Å². The number of benzene rings is 1. The number of nitrogens with zero attached hydrogens (tertiary/aromatic N) is 3. The SMILES string of the molecule is CC(C)NC(=O)OCC1CCCCN1Cc1ccc(Oc2cnccn2)cc1. The van der Waals surface area contributed by atoms with Crippen molar-refractivity contribution in [3.63, 3.8) is 0 Å². The lowest BCUT2D eigenvalue weighted by Crippen LogP contribution is -2.43. The molecule has 2 heterocycles. The number of nitrogens with one attached hydrogen (secondary N) is 1. The molecule has 1 amide bonds. The molecule has 1 N–H and O–H groups in total.